The summed E-state index contributed by atoms with van der Waals surface area (Å²) in [5.41, 5.74) is -1.60. The second-order valence-electron chi connectivity index (χ2n) is 6.66. The van der Waals surface area contributed by atoms with Crippen molar-refractivity contribution >= 4 is 14.2 Å². The first-order chi connectivity index (χ1) is 14.8. The Kier molecular flexibility index (Phi) is 7.37. The largest absolute Gasteiger partial charge is 0.435 e. The van der Waals surface area contributed by atoms with Gasteiger partial charge in [-0.05, 0) is 18.2 Å². The fraction of sp³-hybridized carbons (Fsp3) is 0.316. The van der Waals surface area contributed by atoms with Crippen molar-refractivity contribution in [3.8, 4) is 0 Å². The Hall–Kier alpha value is -2.82. The lowest BCUT2D eigenvalue weighted by Crippen LogP contribution is -2.45. The topological polar surface area (TPSA) is 146 Å². The molecule has 166 valence electrons. The number of aromatic nitrogens is 2. The van der Waals surface area contributed by atoms with E-state index in [1.165, 1.54) is 31.5 Å². The van der Waals surface area contributed by atoms with Gasteiger partial charge < -0.3 is 24.0 Å². The van der Waals surface area contributed by atoms with Crippen molar-refractivity contribution in [2.45, 2.75) is 18.4 Å². The molecule has 11 nitrogen and oxygen atoms in total. The first-order valence-corrected chi connectivity index (χ1v) is 10.4. The Balaban J connectivity index is 1.99. The highest BCUT2D eigenvalue weighted by atomic mass is 31.1. The number of aliphatic hydroxyl groups is 1. The van der Waals surface area contributed by atoms with E-state index in [0.29, 0.717) is 4.57 Å². The summed E-state index contributed by atoms with van der Waals surface area (Å²) in [6, 6.07) is 8.89. The van der Waals surface area contributed by atoms with E-state index in [4.69, 9.17) is 14.4 Å². The normalized spacial score (nSPS) is 24.4. The molecular formula is C19H21N2O9P. The van der Waals surface area contributed by atoms with Gasteiger partial charge in [-0.15, -0.1) is 0 Å². The van der Waals surface area contributed by atoms with Crippen molar-refractivity contribution in [1.29, 1.82) is 0 Å². The van der Waals surface area contributed by atoms with Crippen molar-refractivity contribution in [3.05, 3.63) is 81.3 Å². The molecule has 0 aliphatic carbocycles. The van der Waals surface area contributed by atoms with Crippen LogP contribution in [0.1, 0.15) is 16.6 Å². The average molecular weight is 452 g/mol. The molecular weight excluding hydrogens is 431 g/mol. The number of carbonyl (C=O) groups excluding carboxylic acids is 1. The zero-order valence-electron chi connectivity index (χ0n) is 16.4. The number of hydrogen-bond donors (Lipinski definition) is 2. The fourth-order valence-corrected chi connectivity index (χ4v) is 3.51. The summed E-state index contributed by atoms with van der Waals surface area (Å²) in [6.45, 7) is -0.00811. The zero-order valence-corrected chi connectivity index (χ0v) is 17.4. The molecule has 12 heteroatoms. The van der Waals surface area contributed by atoms with Crippen LogP contribution in [0.3, 0.4) is 0 Å². The first-order valence-electron chi connectivity index (χ1n) is 9.17. The maximum atomic E-state index is 13.0. The van der Waals surface area contributed by atoms with Gasteiger partial charge in [0.15, 0.2) is 0 Å². The Morgan fingerprint density at radius 1 is 1.26 bits per heavy atom. The van der Waals surface area contributed by atoms with Crippen molar-refractivity contribution in [3.63, 3.8) is 0 Å². The second-order valence-corrected chi connectivity index (χ2v) is 7.43. The van der Waals surface area contributed by atoms with Crippen LogP contribution in [0.25, 0.3) is 0 Å². The summed E-state index contributed by atoms with van der Waals surface area (Å²) in [5, 5.41) is 10.6. The van der Waals surface area contributed by atoms with Gasteiger partial charge in [-0.1, -0.05) is 18.2 Å². The third-order valence-corrected chi connectivity index (χ3v) is 5.08. The van der Waals surface area contributed by atoms with Gasteiger partial charge >= 0.3 is 13.9 Å². The molecule has 1 unspecified atom stereocenters. The molecule has 1 aliphatic rings. The van der Waals surface area contributed by atoms with Crippen molar-refractivity contribution in [2.24, 2.45) is 5.92 Å². The van der Waals surface area contributed by atoms with Gasteiger partial charge in [-0.2, -0.15) is 4.57 Å². The third kappa shape index (κ3) is 4.92. The van der Waals surface area contributed by atoms with Gasteiger partial charge in [0.2, 0.25) is 0 Å². The smallest absolute Gasteiger partial charge is 0.364 e. The monoisotopic (exact) mass is 452 g/mol. The summed E-state index contributed by atoms with van der Waals surface area (Å²) < 4.78 is 27.5. The van der Waals surface area contributed by atoms with Crippen LogP contribution >= 0.6 is 8.25 Å². The molecule has 0 bridgehead atoms. The van der Waals surface area contributed by atoms with Crippen molar-refractivity contribution in [1.82, 2.24) is 9.13 Å². The minimum Gasteiger partial charge on any atom is -0.435 e. The van der Waals surface area contributed by atoms with E-state index < -0.39 is 49.8 Å². The van der Waals surface area contributed by atoms with E-state index in [1.54, 1.807) is 18.2 Å². The van der Waals surface area contributed by atoms with E-state index in [-0.39, 0.29) is 12.2 Å². The highest BCUT2D eigenvalue weighted by molar-refractivity contribution is 7.32. The lowest BCUT2D eigenvalue weighted by molar-refractivity contribution is -0.0139. The molecule has 0 spiro atoms. The number of hydrogen-bond acceptors (Lipinski definition) is 8. The minimum atomic E-state index is -3.21. The quantitative estimate of drug-likeness (QED) is 0.442. The maximum Gasteiger partial charge on any atom is 0.364 e. The number of rotatable bonds is 7. The van der Waals surface area contributed by atoms with Crippen LogP contribution in [0.5, 0.6) is 0 Å². The first kappa shape index (κ1) is 22.9. The summed E-state index contributed by atoms with van der Waals surface area (Å²) in [5.74, 6) is -1.55. The van der Waals surface area contributed by atoms with E-state index in [1.807, 2.05) is 0 Å². The predicted molar refractivity (Wildman–Crippen MR) is 108 cm³/mol. The van der Waals surface area contributed by atoms with Crippen LogP contribution in [0, 0.1) is 5.92 Å². The Morgan fingerprint density at radius 3 is 2.61 bits per heavy atom. The summed E-state index contributed by atoms with van der Waals surface area (Å²) >= 11 is 0. The van der Waals surface area contributed by atoms with E-state index in [0.717, 1.165) is 16.9 Å². The molecule has 1 saturated heterocycles. The van der Waals surface area contributed by atoms with Gasteiger partial charge in [-0.25, -0.2) is 9.36 Å². The molecule has 2 aromatic rings. The van der Waals surface area contributed by atoms with Gasteiger partial charge in [0.25, 0.3) is 11.5 Å². The standard InChI is InChI=1S/C19H21N2O9P/c1-28-11-13-16(23)14(8-10-29-31(26)27)30-18(13)20-9-7-15(22)21(19(20)25)17(24)12-5-3-2-4-6-12/h2-10,13-14,16,18,23,31H,11H2,1H3,(H,26,27)/b10-8+/t13-,14-,16+,18-/m1/s1. The fourth-order valence-electron chi connectivity index (χ4n) is 3.32. The number of aliphatic hydroxyl groups excluding tert-OH is 1. The molecule has 2 heterocycles. The van der Waals surface area contributed by atoms with Crippen molar-refractivity contribution < 1.29 is 33.4 Å². The van der Waals surface area contributed by atoms with E-state index in [9.17, 15) is 24.1 Å². The minimum absolute atomic E-state index is 0.00811. The van der Waals surface area contributed by atoms with Crippen LogP contribution in [0.15, 0.2) is 64.5 Å². The molecule has 5 atom stereocenters. The highest BCUT2D eigenvalue weighted by Gasteiger charge is 2.44. The SMILES string of the molecule is COC[C@@H]1[C@H](O)[C@@H](/C=C/O[PH](=O)O)O[C@H]1n1ccc(=O)n(C(=O)c2ccccc2)c1=O. The van der Waals surface area contributed by atoms with Gasteiger partial charge in [0.1, 0.15) is 12.3 Å². The molecule has 1 fully saturated rings. The summed E-state index contributed by atoms with van der Waals surface area (Å²) in [4.78, 5) is 46.8. The summed E-state index contributed by atoms with van der Waals surface area (Å²) in [7, 11) is -1.81. The number of methoxy groups -OCH3 is 1. The molecule has 3 rings (SSSR count). The zero-order chi connectivity index (χ0) is 22.5. The number of nitrogens with zero attached hydrogens (tertiary/aromatic N) is 2. The van der Waals surface area contributed by atoms with Crippen LogP contribution in [0.2, 0.25) is 0 Å². The van der Waals surface area contributed by atoms with Crippen LogP contribution in [-0.2, 0) is 18.6 Å². The number of ether oxygens (including phenoxy) is 2. The number of carbonyl (C=O) groups is 1. The van der Waals surface area contributed by atoms with Gasteiger partial charge in [0.05, 0.1) is 24.9 Å². The Bertz CT molecular complexity index is 1100. The van der Waals surface area contributed by atoms with E-state index >= 15 is 0 Å². The Morgan fingerprint density at radius 2 is 1.97 bits per heavy atom. The molecule has 31 heavy (non-hydrogen) atoms. The van der Waals surface area contributed by atoms with Gasteiger partial charge in [0, 0.05) is 24.9 Å². The highest BCUT2D eigenvalue weighted by Crippen LogP contribution is 2.35. The molecule has 0 radical (unpaired) electrons. The number of benzene rings is 1. The lowest BCUT2D eigenvalue weighted by Gasteiger charge is -2.21. The predicted octanol–water partition coefficient (Wildman–Crippen LogP) is 0.132. The molecule has 1 aromatic carbocycles. The molecule has 1 aliphatic heterocycles. The van der Waals surface area contributed by atoms with Crippen molar-refractivity contribution in [2.75, 3.05) is 13.7 Å². The maximum absolute atomic E-state index is 13.0. The molecule has 0 amide bonds. The molecule has 0 saturated carbocycles. The van der Waals surface area contributed by atoms with Crippen LogP contribution < -0.4 is 11.2 Å². The summed E-state index contributed by atoms with van der Waals surface area (Å²) in [6.07, 6.45) is 0.0751. The third-order valence-electron chi connectivity index (χ3n) is 4.74. The lowest BCUT2D eigenvalue weighted by atomic mass is 10.0. The van der Waals surface area contributed by atoms with Crippen LogP contribution in [0.4, 0.5) is 0 Å². The van der Waals surface area contributed by atoms with E-state index in [2.05, 4.69) is 4.52 Å². The Labute approximate surface area is 176 Å². The molecule has 1 aromatic heterocycles. The average Bonchev–Trinajstić information content (AvgIpc) is 3.04. The molecule has 2 N–H and O–H groups in total. The second kappa shape index (κ2) is 9.99. The van der Waals surface area contributed by atoms with Gasteiger partial charge in [-0.3, -0.25) is 14.2 Å². The van der Waals surface area contributed by atoms with Crippen LogP contribution in [-0.4, -0.2) is 51.0 Å².